The molecule has 0 aliphatic heterocycles. The number of carbonyl (C=O) groups excluding carboxylic acids is 3. The van der Waals surface area contributed by atoms with E-state index in [1.807, 2.05) is 19.0 Å². The second-order valence-corrected chi connectivity index (χ2v) is 10.7. The van der Waals surface area contributed by atoms with Gasteiger partial charge in [-0.2, -0.15) is 4.68 Å². The van der Waals surface area contributed by atoms with Crippen molar-refractivity contribution in [3.05, 3.63) is 101 Å². The second-order valence-electron chi connectivity index (χ2n) is 10.3. The minimum Gasteiger partial charge on any atom is -0.478 e. The highest BCUT2D eigenvalue weighted by Crippen LogP contribution is 2.25. The number of anilines is 2. The van der Waals surface area contributed by atoms with Crippen LogP contribution >= 0.6 is 11.6 Å². The SMILES string of the molecule is CN(C)CCC(=O)Nc1ccc(CC(NC(=O)/C=C/c2c(-n3cnnn3)ccc(Cl)c2F)C(=O)Nc2ccc(C(=O)O)cc2)cc1. The summed E-state index contributed by atoms with van der Waals surface area (Å²) in [7, 11) is 3.75. The monoisotopic (exact) mass is 648 g/mol. The number of nitrogens with zero attached hydrogens (tertiary/aromatic N) is 5. The van der Waals surface area contributed by atoms with E-state index in [-0.39, 0.29) is 34.2 Å². The Kier molecular flexibility index (Phi) is 11.3. The van der Waals surface area contributed by atoms with Gasteiger partial charge in [0.2, 0.25) is 17.7 Å². The summed E-state index contributed by atoms with van der Waals surface area (Å²) in [6.07, 6.45) is 3.87. The largest absolute Gasteiger partial charge is 0.478 e. The van der Waals surface area contributed by atoms with Crippen molar-refractivity contribution >= 4 is 52.7 Å². The summed E-state index contributed by atoms with van der Waals surface area (Å²) in [5.74, 6) is -3.37. The Morgan fingerprint density at radius 3 is 2.30 bits per heavy atom. The summed E-state index contributed by atoms with van der Waals surface area (Å²) in [4.78, 5) is 51.7. The maximum Gasteiger partial charge on any atom is 0.335 e. The minimum absolute atomic E-state index is 0.0381. The summed E-state index contributed by atoms with van der Waals surface area (Å²) in [6.45, 7) is 0.594. The van der Waals surface area contributed by atoms with Crippen LogP contribution in [0.4, 0.5) is 15.8 Å². The van der Waals surface area contributed by atoms with Gasteiger partial charge in [-0.15, -0.1) is 5.10 Å². The number of tetrazole rings is 1. The molecule has 0 spiro atoms. The van der Waals surface area contributed by atoms with Crippen molar-refractivity contribution in [3.63, 3.8) is 0 Å². The van der Waals surface area contributed by atoms with Crippen LogP contribution in [0, 0.1) is 5.82 Å². The highest BCUT2D eigenvalue weighted by atomic mass is 35.5. The molecule has 0 aliphatic rings. The number of benzene rings is 3. The molecule has 1 unspecified atom stereocenters. The van der Waals surface area contributed by atoms with Crippen molar-refractivity contribution in [2.24, 2.45) is 0 Å². The van der Waals surface area contributed by atoms with Gasteiger partial charge in [-0.05, 0) is 84.7 Å². The van der Waals surface area contributed by atoms with E-state index in [9.17, 15) is 23.6 Å². The molecular weight excluding hydrogens is 619 g/mol. The molecule has 3 aromatic carbocycles. The van der Waals surface area contributed by atoms with E-state index in [1.165, 1.54) is 53.5 Å². The van der Waals surface area contributed by atoms with Crippen molar-refractivity contribution < 1.29 is 28.7 Å². The molecule has 0 aliphatic carbocycles. The van der Waals surface area contributed by atoms with Gasteiger partial charge in [0.15, 0.2) is 5.82 Å². The molecule has 0 saturated carbocycles. The number of carboxylic acids is 1. The lowest BCUT2D eigenvalue weighted by atomic mass is 10.0. The van der Waals surface area contributed by atoms with E-state index in [1.54, 1.807) is 24.3 Å². The quantitative estimate of drug-likeness (QED) is 0.159. The van der Waals surface area contributed by atoms with Gasteiger partial charge < -0.3 is 26.0 Å². The van der Waals surface area contributed by atoms with Gasteiger partial charge in [-0.3, -0.25) is 14.4 Å². The molecule has 3 amide bonds. The van der Waals surface area contributed by atoms with Crippen LogP contribution in [-0.2, 0) is 20.8 Å². The molecule has 1 aromatic heterocycles. The lowest BCUT2D eigenvalue weighted by molar-refractivity contribution is -0.123. The van der Waals surface area contributed by atoms with Gasteiger partial charge in [0, 0.05) is 42.4 Å². The van der Waals surface area contributed by atoms with Crippen molar-refractivity contribution in [1.29, 1.82) is 0 Å². The molecule has 1 atom stereocenters. The number of hydrogen-bond acceptors (Lipinski definition) is 8. The van der Waals surface area contributed by atoms with Crippen molar-refractivity contribution in [3.8, 4) is 5.69 Å². The van der Waals surface area contributed by atoms with Crippen molar-refractivity contribution in [2.45, 2.75) is 18.9 Å². The van der Waals surface area contributed by atoms with Crippen LogP contribution < -0.4 is 16.0 Å². The van der Waals surface area contributed by atoms with E-state index in [2.05, 4.69) is 31.5 Å². The summed E-state index contributed by atoms with van der Waals surface area (Å²) in [5, 5.41) is 28.0. The van der Waals surface area contributed by atoms with Crippen LogP contribution in [0.5, 0.6) is 0 Å². The third kappa shape index (κ3) is 9.27. The summed E-state index contributed by atoms with van der Waals surface area (Å²) in [5.41, 5.74) is 1.75. The number of rotatable bonds is 13. The van der Waals surface area contributed by atoms with Crippen LogP contribution in [0.2, 0.25) is 5.02 Å². The first kappa shape index (κ1) is 33.4. The fourth-order valence-electron chi connectivity index (χ4n) is 4.21. The van der Waals surface area contributed by atoms with Crippen LogP contribution in [0.25, 0.3) is 11.8 Å². The minimum atomic E-state index is -1.12. The van der Waals surface area contributed by atoms with Gasteiger partial charge >= 0.3 is 5.97 Å². The predicted molar refractivity (Wildman–Crippen MR) is 169 cm³/mol. The maximum atomic E-state index is 15.0. The summed E-state index contributed by atoms with van der Waals surface area (Å²) >= 11 is 5.97. The molecule has 46 heavy (non-hydrogen) atoms. The number of amides is 3. The third-order valence-corrected chi connectivity index (χ3v) is 6.89. The van der Waals surface area contributed by atoms with Gasteiger partial charge in [0.05, 0.1) is 16.3 Å². The maximum absolute atomic E-state index is 15.0. The fourth-order valence-corrected chi connectivity index (χ4v) is 4.37. The van der Waals surface area contributed by atoms with Crippen LogP contribution in [0.15, 0.2) is 73.1 Å². The Balaban J connectivity index is 1.53. The van der Waals surface area contributed by atoms with E-state index in [0.29, 0.717) is 29.9 Å². The van der Waals surface area contributed by atoms with E-state index in [0.717, 1.165) is 6.08 Å². The van der Waals surface area contributed by atoms with Crippen LogP contribution in [-0.4, -0.2) is 80.6 Å². The number of hydrogen-bond donors (Lipinski definition) is 4. The average Bonchev–Trinajstić information content (AvgIpc) is 3.56. The van der Waals surface area contributed by atoms with Gasteiger partial charge in [0.1, 0.15) is 12.4 Å². The first-order valence-corrected chi connectivity index (χ1v) is 14.3. The molecule has 4 N–H and O–H groups in total. The molecule has 15 heteroatoms. The van der Waals surface area contributed by atoms with Crippen LogP contribution in [0.3, 0.4) is 0 Å². The zero-order valence-corrected chi connectivity index (χ0v) is 25.5. The third-order valence-electron chi connectivity index (χ3n) is 6.60. The number of aromatic nitrogens is 4. The number of nitrogens with one attached hydrogen (secondary N) is 3. The van der Waals surface area contributed by atoms with Crippen LogP contribution in [0.1, 0.15) is 27.9 Å². The van der Waals surface area contributed by atoms with Crippen molar-refractivity contribution in [2.75, 3.05) is 31.3 Å². The average molecular weight is 649 g/mol. The molecule has 0 radical (unpaired) electrons. The smallest absolute Gasteiger partial charge is 0.335 e. The molecule has 0 fully saturated rings. The van der Waals surface area contributed by atoms with Gasteiger partial charge in [-0.25, -0.2) is 9.18 Å². The lowest BCUT2D eigenvalue weighted by Crippen LogP contribution is -2.44. The Labute approximate surface area is 268 Å². The Hall–Kier alpha value is -5.47. The first-order valence-electron chi connectivity index (χ1n) is 13.9. The van der Waals surface area contributed by atoms with E-state index < -0.39 is 29.6 Å². The molecule has 4 rings (SSSR count). The first-order chi connectivity index (χ1) is 22.0. The molecule has 0 saturated heterocycles. The summed E-state index contributed by atoms with van der Waals surface area (Å²) in [6, 6.07) is 14.0. The Bertz CT molecular complexity index is 1730. The molecule has 0 bridgehead atoms. The van der Waals surface area contributed by atoms with E-state index >= 15 is 0 Å². The van der Waals surface area contributed by atoms with Crippen molar-refractivity contribution in [1.82, 2.24) is 30.4 Å². The zero-order chi connectivity index (χ0) is 33.2. The highest BCUT2D eigenvalue weighted by molar-refractivity contribution is 6.31. The van der Waals surface area contributed by atoms with E-state index in [4.69, 9.17) is 16.7 Å². The number of aromatic carboxylic acids is 1. The molecule has 4 aromatic rings. The lowest BCUT2D eigenvalue weighted by Gasteiger charge is -2.18. The zero-order valence-electron chi connectivity index (χ0n) is 24.8. The standard InChI is InChI=1S/C31H30ClFN8O5/c1-40(2)16-15-28(43)35-21-7-3-19(4-8-21)17-25(30(44)36-22-9-5-20(6-10-22)31(45)46)37-27(42)14-11-23-26(41-18-34-38-39-41)13-12-24(32)29(23)33/h3-14,18,25H,15-17H2,1-2H3,(H,35,43)(H,36,44)(H,37,42)(H,45,46)/b14-11+. The highest BCUT2D eigenvalue weighted by Gasteiger charge is 2.22. The number of halogens is 2. The number of carboxylic acid groups (broad SMARTS) is 1. The molecule has 13 nitrogen and oxygen atoms in total. The fraction of sp³-hybridized carbons (Fsp3) is 0.194. The molecular formula is C31H30ClFN8O5. The normalized spacial score (nSPS) is 11.8. The predicted octanol–water partition coefficient (Wildman–Crippen LogP) is 3.42. The molecule has 1 heterocycles. The van der Waals surface area contributed by atoms with Gasteiger partial charge in [-0.1, -0.05) is 23.7 Å². The number of carbonyl (C=O) groups is 4. The molecule has 238 valence electrons. The Morgan fingerprint density at radius 1 is 1.00 bits per heavy atom. The van der Waals surface area contributed by atoms with Gasteiger partial charge in [0.25, 0.3) is 0 Å². The summed E-state index contributed by atoms with van der Waals surface area (Å²) < 4.78 is 16.2. The topological polar surface area (TPSA) is 171 Å². The second kappa shape index (κ2) is 15.5. The Morgan fingerprint density at radius 2 is 1.67 bits per heavy atom.